The molecule has 0 unspecified atom stereocenters. The summed E-state index contributed by atoms with van der Waals surface area (Å²) in [6.07, 6.45) is 0. The van der Waals surface area contributed by atoms with Crippen molar-refractivity contribution in [2.75, 3.05) is 5.75 Å². The first kappa shape index (κ1) is 19.7. The Balaban J connectivity index is 1.44. The third kappa shape index (κ3) is 4.33. The van der Waals surface area contributed by atoms with Crippen LogP contribution in [0, 0.1) is 5.82 Å². The van der Waals surface area contributed by atoms with Gasteiger partial charge >= 0.3 is 0 Å². The van der Waals surface area contributed by atoms with Crippen molar-refractivity contribution in [3.63, 3.8) is 0 Å². The number of aromatic nitrogens is 2. The van der Waals surface area contributed by atoms with Gasteiger partial charge in [0.1, 0.15) is 5.82 Å². The molecule has 0 radical (unpaired) electrons. The van der Waals surface area contributed by atoms with Gasteiger partial charge in [-0.1, -0.05) is 42.1 Å². The van der Waals surface area contributed by atoms with E-state index in [2.05, 4.69) is 15.8 Å². The number of nitrogens with zero attached hydrogens (tertiary/aromatic N) is 2. The van der Waals surface area contributed by atoms with E-state index < -0.39 is 11.7 Å². The van der Waals surface area contributed by atoms with E-state index in [-0.39, 0.29) is 17.2 Å². The predicted octanol–water partition coefficient (Wildman–Crippen LogP) is 3.72. The lowest BCUT2D eigenvalue weighted by Gasteiger charge is -2.10. The maximum absolute atomic E-state index is 12.9. The molecule has 2 N–H and O–H groups in total. The monoisotopic (exact) mass is 420 g/mol. The standard InChI is InChI=1S/C22H17FN4O2S/c23-16-12-10-15(11-13-16)21(29)26-25-20(28)14-30-22-24-18-8-4-5-9-19(18)27(22)17-6-2-1-3-7-17/h1-13H,14H2,(H,25,28)(H,26,29). The first-order valence-electron chi connectivity index (χ1n) is 9.12. The molecule has 0 saturated carbocycles. The number of amides is 2. The number of para-hydroxylation sites is 3. The van der Waals surface area contributed by atoms with Gasteiger partial charge in [-0.2, -0.15) is 0 Å². The van der Waals surface area contributed by atoms with Gasteiger partial charge in [-0.05, 0) is 48.5 Å². The molecule has 1 heterocycles. The molecule has 0 atom stereocenters. The number of imidazole rings is 1. The van der Waals surface area contributed by atoms with Crippen LogP contribution in [0.15, 0.2) is 84.0 Å². The number of carbonyl (C=O) groups excluding carboxylic acids is 2. The Hall–Kier alpha value is -3.65. The number of thioether (sulfide) groups is 1. The predicted molar refractivity (Wildman–Crippen MR) is 114 cm³/mol. The van der Waals surface area contributed by atoms with Crippen LogP contribution in [0.25, 0.3) is 16.7 Å². The van der Waals surface area contributed by atoms with Gasteiger partial charge in [-0.25, -0.2) is 9.37 Å². The zero-order valence-electron chi connectivity index (χ0n) is 15.7. The van der Waals surface area contributed by atoms with Crippen molar-refractivity contribution in [1.82, 2.24) is 20.4 Å². The van der Waals surface area contributed by atoms with Crippen molar-refractivity contribution in [1.29, 1.82) is 0 Å². The molecule has 0 aliphatic carbocycles. The van der Waals surface area contributed by atoms with Crippen LogP contribution in [0.1, 0.15) is 10.4 Å². The summed E-state index contributed by atoms with van der Waals surface area (Å²) in [4.78, 5) is 28.9. The highest BCUT2D eigenvalue weighted by atomic mass is 32.2. The summed E-state index contributed by atoms with van der Waals surface area (Å²) in [6, 6.07) is 22.6. The normalized spacial score (nSPS) is 10.7. The van der Waals surface area contributed by atoms with E-state index in [1.54, 1.807) is 0 Å². The lowest BCUT2D eigenvalue weighted by atomic mass is 10.2. The SMILES string of the molecule is O=C(CSc1nc2ccccc2n1-c1ccccc1)NNC(=O)c1ccc(F)cc1. The summed E-state index contributed by atoms with van der Waals surface area (Å²) in [5, 5.41) is 0.669. The second kappa shape index (κ2) is 8.79. The number of benzene rings is 3. The summed E-state index contributed by atoms with van der Waals surface area (Å²) in [6.45, 7) is 0. The van der Waals surface area contributed by atoms with Crippen LogP contribution >= 0.6 is 11.8 Å². The van der Waals surface area contributed by atoms with Crippen LogP contribution in [0.5, 0.6) is 0 Å². The molecular weight excluding hydrogens is 403 g/mol. The number of nitrogens with one attached hydrogen (secondary N) is 2. The van der Waals surface area contributed by atoms with Gasteiger partial charge in [-0.15, -0.1) is 0 Å². The van der Waals surface area contributed by atoms with Gasteiger partial charge < -0.3 is 0 Å². The zero-order valence-corrected chi connectivity index (χ0v) is 16.5. The maximum Gasteiger partial charge on any atom is 0.269 e. The van der Waals surface area contributed by atoms with Crippen LogP contribution in [0.3, 0.4) is 0 Å². The smallest absolute Gasteiger partial charge is 0.269 e. The van der Waals surface area contributed by atoms with E-state index in [9.17, 15) is 14.0 Å². The van der Waals surface area contributed by atoms with Gasteiger partial charge in [-0.3, -0.25) is 25.0 Å². The largest absolute Gasteiger partial charge is 0.287 e. The van der Waals surface area contributed by atoms with Crippen LogP contribution < -0.4 is 10.9 Å². The molecule has 0 fully saturated rings. The third-order valence-electron chi connectivity index (χ3n) is 4.30. The summed E-state index contributed by atoms with van der Waals surface area (Å²) >= 11 is 1.26. The van der Waals surface area contributed by atoms with Crippen LogP contribution in [-0.4, -0.2) is 27.1 Å². The number of hydrogen-bond acceptors (Lipinski definition) is 4. The molecule has 30 heavy (non-hydrogen) atoms. The fraction of sp³-hybridized carbons (Fsp3) is 0.0455. The molecule has 6 nitrogen and oxygen atoms in total. The Labute approximate surface area is 176 Å². The Kier molecular flexibility index (Phi) is 5.76. The van der Waals surface area contributed by atoms with Crippen molar-refractivity contribution in [2.45, 2.75) is 5.16 Å². The Morgan fingerprint density at radius 3 is 2.37 bits per heavy atom. The Morgan fingerprint density at radius 1 is 0.900 bits per heavy atom. The average Bonchev–Trinajstić information content (AvgIpc) is 3.15. The van der Waals surface area contributed by atoms with Gasteiger partial charge in [0.25, 0.3) is 5.91 Å². The van der Waals surface area contributed by atoms with Gasteiger partial charge in [0.05, 0.1) is 16.8 Å². The van der Waals surface area contributed by atoms with E-state index >= 15 is 0 Å². The number of carbonyl (C=O) groups is 2. The topological polar surface area (TPSA) is 76.0 Å². The Bertz CT molecular complexity index is 1190. The van der Waals surface area contributed by atoms with Crippen LogP contribution in [0.2, 0.25) is 0 Å². The highest BCUT2D eigenvalue weighted by molar-refractivity contribution is 7.99. The average molecular weight is 420 g/mol. The fourth-order valence-corrected chi connectivity index (χ4v) is 3.72. The van der Waals surface area contributed by atoms with Gasteiger partial charge in [0, 0.05) is 11.3 Å². The lowest BCUT2D eigenvalue weighted by molar-refractivity contribution is -0.119. The minimum absolute atomic E-state index is 0.0554. The number of fused-ring (bicyclic) bond motifs is 1. The third-order valence-corrected chi connectivity index (χ3v) is 5.24. The summed E-state index contributed by atoms with van der Waals surface area (Å²) < 4.78 is 14.9. The fourth-order valence-electron chi connectivity index (χ4n) is 2.89. The van der Waals surface area contributed by atoms with Crippen molar-refractivity contribution in [2.24, 2.45) is 0 Å². The zero-order chi connectivity index (χ0) is 20.9. The number of rotatable bonds is 5. The molecule has 2 amide bonds. The molecule has 8 heteroatoms. The van der Waals surface area contributed by atoms with Crippen molar-refractivity contribution < 1.29 is 14.0 Å². The maximum atomic E-state index is 12.9. The van der Waals surface area contributed by atoms with Gasteiger partial charge in [0.2, 0.25) is 5.91 Å². The molecule has 0 spiro atoms. The van der Waals surface area contributed by atoms with Crippen molar-refractivity contribution in [3.05, 3.63) is 90.2 Å². The van der Waals surface area contributed by atoms with E-state index in [1.807, 2.05) is 59.2 Å². The summed E-state index contributed by atoms with van der Waals surface area (Å²) in [5.41, 5.74) is 7.65. The summed E-state index contributed by atoms with van der Waals surface area (Å²) in [7, 11) is 0. The van der Waals surface area contributed by atoms with E-state index in [0.717, 1.165) is 16.7 Å². The van der Waals surface area contributed by atoms with Crippen LogP contribution in [-0.2, 0) is 4.79 Å². The molecule has 0 bridgehead atoms. The second-order valence-corrected chi connectivity index (χ2v) is 7.29. The molecular formula is C22H17FN4O2S. The number of halogens is 1. The molecule has 4 rings (SSSR count). The molecule has 4 aromatic rings. The summed E-state index contributed by atoms with van der Waals surface area (Å²) in [5.74, 6) is -1.29. The highest BCUT2D eigenvalue weighted by Crippen LogP contribution is 2.27. The minimum atomic E-state index is -0.523. The first-order chi connectivity index (χ1) is 14.6. The number of hydrogen-bond donors (Lipinski definition) is 2. The highest BCUT2D eigenvalue weighted by Gasteiger charge is 2.15. The molecule has 0 aliphatic heterocycles. The van der Waals surface area contributed by atoms with Crippen LogP contribution in [0.4, 0.5) is 4.39 Å². The second-order valence-electron chi connectivity index (χ2n) is 6.35. The van der Waals surface area contributed by atoms with E-state index in [0.29, 0.717) is 5.16 Å². The Morgan fingerprint density at radius 2 is 1.60 bits per heavy atom. The van der Waals surface area contributed by atoms with Crippen molar-refractivity contribution >= 4 is 34.6 Å². The lowest BCUT2D eigenvalue weighted by Crippen LogP contribution is -2.42. The minimum Gasteiger partial charge on any atom is -0.287 e. The van der Waals surface area contributed by atoms with Gasteiger partial charge in [0.15, 0.2) is 5.16 Å². The molecule has 1 aromatic heterocycles. The molecule has 150 valence electrons. The molecule has 0 saturated heterocycles. The molecule has 3 aromatic carbocycles. The quantitative estimate of drug-likeness (QED) is 0.381. The van der Waals surface area contributed by atoms with E-state index in [1.165, 1.54) is 36.0 Å². The first-order valence-corrected chi connectivity index (χ1v) is 10.1. The van der Waals surface area contributed by atoms with E-state index in [4.69, 9.17) is 0 Å². The number of hydrazine groups is 1. The van der Waals surface area contributed by atoms with Crippen molar-refractivity contribution in [3.8, 4) is 5.69 Å². The molecule has 0 aliphatic rings.